The van der Waals surface area contributed by atoms with E-state index >= 15 is 0 Å². The molecule has 0 unspecified atom stereocenters. The fourth-order valence-corrected chi connectivity index (χ4v) is 1.86. The molecule has 5 nitrogen and oxygen atoms in total. The van der Waals surface area contributed by atoms with Gasteiger partial charge in [-0.05, 0) is 22.9 Å². The smallest absolute Gasteiger partial charge is 0.237 e. The molecule has 3 aromatic rings. The third-order valence-corrected chi connectivity index (χ3v) is 2.85. The fraction of sp³-hybridized carbons (Fsp3) is 0. The molecule has 2 aromatic carbocycles. The molecular weight excluding hydrogens is 252 g/mol. The van der Waals surface area contributed by atoms with Crippen LogP contribution in [-0.4, -0.2) is 15.8 Å². The molecule has 0 spiro atoms. The van der Waals surface area contributed by atoms with E-state index in [9.17, 15) is 0 Å². The summed E-state index contributed by atoms with van der Waals surface area (Å²) in [6, 6.07) is 13.8. The lowest BCUT2D eigenvalue weighted by Gasteiger charge is -2.06. The molecule has 98 valence electrons. The van der Waals surface area contributed by atoms with Gasteiger partial charge < -0.3 is 10.5 Å². The fourth-order valence-electron chi connectivity index (χ4n) is 1.86. The number of hydrogen-bond acceptors (Lipinski definition) is 4. The molecule has 5 heteroatoms. The first kappa shape index (κ1) is 12.1. The molecule has 0 atom stereocenters. The van der Waals surface area contributed by atoms with Gasteiger partial charge in [-0.1, -0.05) is 30.3 Å². The van der Waals surface area contributed by atoms with Crippen LogP contribution in [0, 0.1) is 5.41 Å². The molecular formula is C15H12N4O. The van der Waals surface area contributed by atoms with Gasteiger partial charge in [0.15, 0.2) is 0 Å². The minimum Gasteiger partial charge on any atom is -0.437 e. The molecule has 0 fully saturated rings. The van der Waals surface area contributed by atoms with Crippen LogP contribution in [0.5, 0.6) is 11.6 Å². The first-order valence-corrected chi connectivity index (χ1v) is 6.05. The van der Waals surface area contributed by atoms with Crippen LogP contribution in [0.1, 0.15) is 5.69 Å². The van der Waals surface area contributed by atoms with Crippen molar-refractivity contribution in [2.24, 2.45) is 5.73 Å². The first-order chi connectivity index (χ1) is 9.72. The van der Waals surface area contributed by atoms with Crippen molar-refractivity contribution in [3.8, 4) is 11.6 Å². The van der Waals surface area contributed by atoms with Crippen LogP contribution in [0.4, 0.5) is 0 Å². The first-order valence-electron chi connectivity index (χ1n) is 6.05. The molecule has 0 radical (unpaired) electrons. The van der Waals surface area contributed by atoms with Crippen molar-refractivity contribution in [2.45, 2.75) is 0 Å². The minimum atomic E-state index is -0.116. The van der Waals surface area contributed by atoms with E-state index in [1.807, 2.05) is 42.5 Å². The summed E-state index contributed by atoms with van der Waals surface area (Å²) in [5.74, 6) is 0.939. The highest BCUT2D eigenvalue weighted by Gasteiger charge is 2.03. The summed E-state index contributed by atoms with van der Waals surface area (Å²) < 4.78 is 5.64. The maximum absolute atomic E-state index is 7.25. The highest BCUT2D eigenvalue weighted by Crippen LogP contribution is 2.24. The summed E-state index contributed by atoms with van der Waals surface area (Å²) in [7, 11) is 0. The Kier molecular flexibility index (Phi) is 3.01. The van der Waals surface area contributed by atoms with Crippen molar-refractivity contribution in [3.05, 3.63) is 60.6 Å². The van der Waals surface area contributed by atoms with Crippen molar-refractivity contribution in [2.75, 3.05) is 0 Å². The van der Waals surface area contributed by atoms with Crippen LogP contribution < -0.4 is 10.5 Å². The number of nitrogen functional groups attached to an aromatic ring is 1. The summed E-state index contributed by atoms with van der Waals surface area (Å²) >= 11 is 0. The summed E-state index contributed by atoms with van der Waals surface area (Å²) in [6.07, 6.45) is 2.87. The quantitative estimate of drug-likeness (QED) is 0.562. The van der Waals surface area contributed by atoms with Gasteiger partial charge in [-0.3, -0.25) is 5.41 Å². The Bertz CT molecular complexity index is 768. The van der Waals surface area contributed by atoms with Gasteiger partial charge in [-0.15, -0.1) is 0 Å². The topological polar surface area (TPSA) is 84.9 Å². The Morgan fingerprint density at radius 2 is 1.80 bits per heavy atom. The zero-order valence-electron chi connectivity index (χ0n) is 10.6. The van der Waals surface area contributed by atoms with Crippen LogP contribution >= 0.6 is 0 Å². The molecule has 0 aliphatic heterocycles. The Labute approximate surface area is 115 Å². The van der Waals surface area contributed by atoms with Crippen LogP contribution in [0.25, 0.3) is 10.8 Å². The number of nitrogens with zero attached hydrogens (tertiary/aromatic N) is 2. The highest BCUT2D eigenvalue weighted by atomic mass is 16.5. The van der Waals surface area contributed by atoms with Gasteiger partial charge in [-0.25, -0.2) is 9.97 Å². The van der Waals surface area contributed by atoms with Crippen molar-refractivity contribution >= 4 is 16.6 Å². The zero-order valence-corrected chi connectivity index (χ0v) is 10.6. The third-order valence-electron chi connectivity index (χ3n) is 2.85. The van der Waals surface area contributed by atoms with Crippen molar-refractivity contribution < 1.29 is 4.74 Å². The monoisotopic (exact) mass is 264 g/mol. The van der Waals surface area contributed by atoms with Gasteiger partial charge >= 0.3 is 0 Å². The molecule has 1 aromatic heterocycles. The molecule has 3 N–H and O–H groups in total. The Morgan fingerprint density at radius 1 is 1.00 bits per heavy atom. The number of aromatic nitrogens is 2. The lowest BCUT2D eigenvalue weighted by molar-refractivity contribution is 0.460. The largest absolute Gasteiger partial charge is 0.437 e. The van der Waals surface area contributed by atoms with Crippen LogP contribution in [0.2, 0.25) is 0 Å². The Balaban J connectivity index is 1.87. The number of benzene rings is 2. The van der Waals surface area contributed by atoms with Crippen molar-refractivity contribution in [1.29, 1.82) is 5.41 Å². The van der Waals surface area contributed by atoms with E-state index in [-0.39, 0.29) is 5.84 Å². The number of fused-ring (bicyclic) bond motifs is 1. The van der Waals surface area contributed by atoms with Crippen LogP contribution in [-0.2, 0) is 0 Å². The summed E-state index contributed by atoms with van der Waals surface area (Å²) in [5, 5.41) is 9.50. The van der Waals surface area contributed by atoms with Gasteiger partial charge in [0.1, 0.15) is 17.3 Å². The number of nitrogens with one attached hydrogen (secondary N) is 1. The number of ether oxygens (including phenoxy) is 1. The summed E-state index contributed by atoms with van der Waals surface area (Å²) in [5.41, 5.74) is 5.65. The van der Waals surface area contributed by atoms with Gasteiger partial charge in [0.25, 0.3) is 0 Å². The normalized spacial score (nSPS) is 10.4. The van der Waals surface area contributed by atoms with E-state index in [0.717, 1.165) is 10.8 Å². The van der Waals surface area contributed by atoms with E-state index in [0.29, 0.717) is 17.3 Å². The molecule has 0 amide bonds. The second kappa shape index (κ2) is 4.97. The standard InChI is InChI=1S/C15H12N4O/c16-15(17)13-8-19-14(9-18-13)20-12-6-5-10-3-1-2-4-11(10)7-12/h1-9H,(H3,16,17). The maximum atomic E-state index is 7.25. The Morgan fingerprint density at radius 3 is 2.50 bits per heavy atom. The lowest BCUT2D eigenvalue weighted by Crippen LogP contribution is -2.13. The molecule has 0 saturated heterocycles. The number of amidine groups is 1. The van der Waals surface area contributed by atoms with Crippen LogP contribution in [0.15, 0.2) is 54.9 Å². The predicted molar refractivity (Wildman–Crippen MR) is 77.1 cm³/mol. The molecule has 0 bridgehead atoms. The average molecular weight is 264 g/mol. The van der Waals surface area contributed by atoms with E-state index in [1.54, 1.807) is 0 Å². The van der Waals surface area contributed by atoms with E-state index < -0.39 is 0 Å². The highest BCUT2D eigenvalue weighted by molar-refractivity contribution is 5.92. The van der Waals surface area contributed by atoms with Crippen molar-refractivity contribution in [1.82, 2.24) is 9.97 Å². The summed E-state index contributed by atoms with van der Waals surface area (Å²) in [4.78, 5) is 8.07. The van der Waals surface area contributed by atoms with Crippen molar-refractivity contribution in [3.63, 3.8) is 0 Å². The average Bonchev–Trinajstić information content (AvgIpc) is 2.48. The molecule has 3 rings (SSSR count). The van der Waals surface area contributed by atoms with Crippen LogP contribution in [0.3, 0.4) is 0 Å². The second-order valence-electron chi connectivity index (χ2n) is 4.26. The van der Waals surface area contributed by atoms with Gasteiger partial charge in [-0.2, -0.15) is 0 Å². The summed E-state index contributed by atoms with van der Waals surface area (Å²) in [6.45, 7) is 0. The lowest BCUT2D eigenvalue weighted by atomic mass is 10.1. The zero-order chi connectivity index (χ0) is 13.9. The number of nitrogens with two attached hydrogens (primary N) is 1. The SMILES string of the molecule is N=C(N)c1cnc(Oc2ccc3ccccc3c2)cn1. The van der Waals surface area contributed by atoms with Gasteiger partial charge in [0, 0.05) is 0 Å². The molecule has 20 heavy (non-hydrogen) atoms. The molecule has 0 aliphatic carbocycles. The molecule has 1 heterocycles. The Hall–Kier alpha value is -2.95. The third kappa shape index (κ3) is 2.42. The van der Waals surface area contributed by atoms with E-state index in [1.165, 1.54) is 12.4 Å². The number of hydrogen-bond donors (Lipinski definition) is 2. The predicted octanol–water partition coefficient (Wildman–Crippen LogP) is 2.71. The van der Waals surface area contributed by atoms with E-state index in [4.69, 9.17) is 15.9 Å². The minimum absolute atomic E-state index is 0.116. The van der Waals surface area contributed by atoms with Gasteiger partial charge in [0.05, 0.1) is 12.4 Å². The maximum Gasteiger partial charge on any atom is 0.237 e. The molecule has 0 aliphatic rings. The second-order valence-corrected chi connectivity index (χ2v) is 4.26. The molecule has 0 saturated carbocycles. The van der Waals surface area contributed by atoms with Gasteiger partial charge in [0.2, 0.25) is 5.88 Å². The number of rotatable bonds is 3. The van der Waals surface area contributed by atoms with E-state index in [2.05, 4.69) is 9.97 Å².